The molecule has 0 radical (unpaired) electrons. The Morgan fingerprint density at radius 2 is 2.23 bits per heavy atom. The zero-order valence-corrected chi connectivity index (χ0v) is 13.0. The summed E-state index contributed by atoms with van der Waals surface area (Å²) in [6.45, 7) is 2.62. The third-order valence-electron chi connectivity index (χ3n) is 4.92. The van der Waals surface area contributed by atoms with Crippen LogP contribution >= 0.6 is 0 Å². The van der Waals surface area contributed by atoms with E-state index >= 15 is 0 Å². The molecule has 0 amide bonds. The first kappa shape index (κ1) is 14.9. The summed E-state index contributed by atoms with van der Waals surface area (Å²) >= 11 is 0. The van der Waals surface area contributed by atoms with E-state index in [0.717, 1.165) is 18.0 Å². The van der Waals surface area contributed by atoms with E-state index < -0.39 is 5.97 Å². The summed E-state index contributed by atoms with van der Waals surface area (Å²) in [5.41, 5.74) is 4.37. The molecule has 3 unspecified atom stereocenters. The largest absolute Gasteiger partial charge is 0.469 e. The predicted octanol–water partition coefficient (Wildman–Crippen LogP) is 1.63. The maximum absolute atomic E-state index is 12.5. The molecule has 2 bridgehead atoms. The number of pyridine rings is 1. The van der Waals surface area contributed by atoms with Gasteiger partial charge in [0, 0.05) is 18.3 Å². The molecule has 1 N–H and O–H groups in total. The topological polar surface area (TPSA) is 60.3 Å². The normalized spacial score (nSPS) is 25.5. The van der Waals surface area contributed by atoms with Gasteiger partial charge in [-0.05, 0) is 49.1 Å². The number of nitrogens with zero attached hydrogens (tertiary/aromatic N) is 1. The van der Waals surface area contributed by atoms with Crippen molar-refractivity contribution in [3.05, 3.63) is 45.9 Å². The van der Waals surface area contributed by atoms with Gasteiger partial charge in [-0.15, -0.1) is 0 Å². The lowest BCUT2D eigenvalue weighted by atomic mass is 9.94. The number of esters is 1. The lowest BCUT2D eigenvalue weighted by molar-refractivity contribution is -0.139. The number of nitrogens with one attached hydrogen (secondary N) is 1. The first-order chi connectivity index (χ1) is 10.6. The van der Waals surface area contributed by atoms with Crippen LogP contribution in [-0.2, 0) is 16.0 Å². The highest BCUT2D eigenvalue weighted by atomic mass is 16.5. The zero-order valence-electron chi connectivity index (χ0n) is 13.0. The molecule has 22 heavy (non-hydrogen) atoms. The number of allylic oxidation sites excluding steroid dienone is 2. The third-order valence-corrected chi connectivity index (χ3v) is 4.92. The Morgan fingerprint density at radius 3 is 2.86 bits per heavy atom. The molecule has 1 fully saturated rings. The monoisotopic (exact) mass is 302 g/mol. The Labute approximate surface area is 129 Å². The van der Waals surface area contributed by atoms with E-state index in [-0.39, 0.29) is 12.0 Å². The van der Waals surface area contributed by atoms with E-state index in [4.69, 9.17) is 0 Å². The molecule has 0 spiro atoms. The molecule has 2 aliphatic carbocycles. The summed E-state index contributed by atoms with van der Waals surface area (Å²) in [6, 6.07) is 1.85. The summed E-state index contributed by atoms with van der Waals surface area (Å²) < 4.78 is 6.16. The van der Waals surface area contributed by atoms with E-state index in [0.29, 0.717) is 17.4 Å². The third kappa shape index (κ3) is 2.80. The fourth-order valence-electron chi connectivity index (χ4n) is 3.57. The van der Waals surface area contributed by atoms with Crippen LogP contribution in [0.5, 0.6) is 0 Å². The second kappa shape index (κ2) is 5.99. The Morgan fingerprint density at radius 1 is 1.41 bits per heavy atom. The second-order valence-corrected chi connectivity index (χ2v) is 6.31. The number of hydrogen-bond acceptors (Lipinski definition) is 4. The van der Waals surface area contributed by atoms with Gasteiger partial charge in [-0.2, -0.15) is 0 Å². The van der Waals surface area contributed by atoms with Crippen LogP contribution in [0.15, 0.2) is 29.2 Å². The van der Waals surface area contributed by atoms with Gasteiger partial charge in [0.05, 0.1) is 13.5 Å². The molecule has 1 saturated carbocycles. The van der Waals surface area contributed by atoms with Crippen LogP contribution in [0.4, 0.5) is 0 Å². The molecule has 118 valence electrons. The van der Waals surface area contributed by atoms with Crippen LogP contribution < -0.4 is 11.0 Å². The highest BCUT2D eigenvalue weighted by molar-refractivity contribution is 5.72. The van der Waals surface area contributed by atoms with Crippen molar-refractivity contribution in [2.45, 2.75) is 26.2 Å². The van der Waals surface area contributed by atoms with Gasteiger partial charge < -0.3 is 10.2 Å². The molecule has 1 aromatic rings. The molecular weight excluding hydrogens is 280 g/mol. The number of rotatable bonds is 5. The van der Waals surface area contributed by atoms with Gasteiger partial charge in [0.15, 0.2) is 0 Å². The number of aromatic nitrogens is 1. The van der Waals surface area contributed by atoms with Crippen molar-refractivity contribution in [3.8, 4) is 0 Å². The molecule has 0 aromatic carbocycles. The Hall–Kier alpha value is -2.04. The predicted molar refractivity (Wildman–Crippen MR) is 84.2 cm³/mol. The van der Waals surface area contributed by atoms with Crippen LogP contribution in [0.1, 0.15) is 24.0 Å². The fourth-order valence-corrected chi connectivity index (χ4v) is 3.57. The first-order valence-corrected chi connectivity index (χ1v) is 7.78. The number of aryl methyl sites for hydroxylation is 1. The molecule has 5 heteroatoms. The van der Waals surface area contributed by atoms with Crippen molar-refractivity contribution in [2.75, 3.05) is 19.1 Å². The van der Waals surface area contributed by atoms with Crippen molar-refractivity contribution < 1.29 is 9.53 Å². The Kier molecular flexibility index (Phi) is 4.05. The molecule has 0 saturated heterocycles. The second-order valence-electron chi connectivity index (χ2n) is 6.31. The van der Waals surface area contributed by atoms with Crippen molar-refractivity contribution in [1.82, 2.24) is 4.68 Å². The zero-order chi connectivity index (χ0) is 15.7. The van der Waals surface area contributed by atoms with Crippen LogP contribution in [0.3, 0.4) is 0 Å². The van der Waals surface area contributed by atoms with E-state index in [2.05, 4.69) is 22.3 Å². The number of fused-ring (bicyclic) bond motifs is 2. The molecule has 0 aliphatic heterocycles. The summed E-state index contributed by atoms with van der Waals surface area (Å²) in [5.74, 6) is 1.57. The summed E-state index contributed by atoms with van der Waals surface area (Å²) in [7, 11) is 1.33. The lowest BCUT2D eigenvalue weighted by Crippen LogP contribution is -2.35. The van der Waals surface area contributed by atoms with Gasteiger partial charge in [0.1, 0.15) is 0 Å². The average molecular weight is 302 g/mol. The smallest absolute Gasteiger partial charge is 0.310 e. The van der Waals surface area contributed by atoms with Gasteiger partial charge in [0.2, 0.25) is 0 Å². The average Bonchev–Trinajstić information content (AvgIpc) is 3.13. The first-order valence-electron chi connectivity index (χ1n) is 7.78. The number of carbonyl (C=O) groups excluding carboxylic acids is 1. The molecular formula is C17H22N2O3. The summed E-state index contributed by atoms with van der Waals surface area (Å²) in [5, 5.41) is 0. The maximum Gasteiger partial charge on any atom is 0.310 e. The van der Waals surface area contributed by atoms with Crippen LogP contribution in [0.2, 0.25) is 0 Å². The minimum atomic E-state index is -0.392. The van der Waals surface area contributed by atoms with E-state index in [1.54, 1.807) is 6.20 Å². The molecule has 5 nitrogen and oxygen atoms in total. The van der Waals surface area contributed by atoms with Crippen molar-refractivity contribution >= 4 is 5.97 Å². The Bertz CT molecular complexity index is 662. The van der Waals surface area contributed by atoms with Crippen molar-refractivity contribution in [3.63, 3.8) is 0 Å². The van der Waals surface area contributed by atoms with Crippen LogP contribution in [-0.4, -0.2) is 24.3 Å². The van der Waals surface area contributed by atoms with Gasteiger partial charge >= 0.3 is 5.97 Å². The molecule has 2 aliphatic rings. The van der Waals surface area contributed by atoms with Gasteiger partial charge in [0.25, 0.3) is 5.56 Å². The minimum Gasteiger partial charge on any atom is -0.469 e. The van der Waals surface area contributed by atoms with Crippen molar-refractivity contribution in [2.24, 2.45) is 17.8 Å². The summed E-state index contributed by atoms with van der Waals surface area (Å²) in [6.07, 6.45) is 8.82. The van der Waals surface area contributed by atoms with E-state index in [1.165, 1.54) is 24.6 Å². The van der Waals surface area contributed by atoms with E-state index in [9.17, 15) is 9.59 Å². The Balaban J connectivity index is 1.71. The molecule has 1 aromatic heterocycles. The van der Waals surface area contributed by atoms with Gasteiger partial charge in [-0.25, -0.2) is 4.68 Å². The quantitative estimate of drug-likeness (QED) is 0.663. The molecule has 1 heterocycles. The molecule has 3 atom stereocenters. The number of methoxy groups -OCH3 is 1. The maximum atomic E-state index is 12.5. The standard InChI is InChI=1S/C17H22N2O3/c1-11-5-6-19(17(21)15(11)9-16(20)22-2)18-10-14-8-12-3-4-13(14)7-12/h3-6,12-14,18H,7-10H2,1-2H3. The SMILES string of the molecule is COC(=O)Cc1c(C)ccn(NCC2CC3C=CC2C3)c1=O. The highest BCUT2D eigenvalue weighted by Crippen LogP contribution is 2.42. The van der Waals surface area contributed by atoms with Gasteiger partial charge in [-0.3, -0.25) is 9.59 Å². The van der Waals surface area contributed by atoms with Gasteiger partial charge in [-0.1, -0.05) is 12.2 Å². The number of hydrogen-bond donors (Lipinski definition) is 1. The van der Waals surface area contributed by atoms with Crippen LogP contribution in [0, 0.1) is 24.7 Å². The van der Waals surface area contributed by atoms with Crippen LogP contribution in [0.25, 0.3) is 0 Å². The number of carbonyl (C=O) groups is 1. The molecule has 3 rings (SSSR count). The fraction of sp³-hybridized carbons (Fsp3) is 0.529. The minimum absolute atomic E-state index is 0.0144. The lowest BCUT2D eigenvalue weighted by Gasteiger charge is -2.20. The van der Waals surface area contributed by atoms with E-state index in [1.807, 2.05) is 13.0 Å². The van der Waals surface area contributed by atoms with Crippen molar-refractivity contribution in [1.29, 1.82) is 0 Å². The highest BCUT2D eigenvalue weighted by Gasteiger charge is 2.35. The number of ether oxygens (including phenoxy) is 1. The summed E-state index contributed by atoms with van der Waals surface area (Å²) in [4.78, 5) is 23.9.